The molecule has 0 rings (SSSR count). The molecule has 0 aliphatic heterocycles. The number of nitrogens with one attached hydrogen (secondary N) is 1. The van der Waals surface area contributed by atoms with Crippen LogP contribution in [0.3, 0.4) is 0 Å². The van der Waals surface area contributed by atoms with Gasteiger partial charge >= 0.3 is 0 Å². The molecule has 82 valence electrons. The molecule has 0 saturated heterocycles. The van der Waals surface area contributed by atoms with E-state index in [4.69, 9.17) is 10.00 Å². The molecule has 0 aromatic carbocycles. The Labute approximate surface area is 87.4 Å². The second-order valence-corrected chi connectivity index (χ2v) is 3.83. The minimum Gasteiger partial charge on any atom is -0.381 e. The summed E-state index contributed by atoms with van der Waals surface area (Å²) in [6, 6.07) is 2.13. The number of hydrogen-bond donors (Lipinski definition) is 1. The SMILES string of the molecule is CC(C)COCCCNCCCC#N. The molecule has 0 aromatic heterocycles. The van der Waals surface area contributed by atoms with E-state index in [1.54, 1.807) is 0 Å². The molecule has 14 heavy (non-hydrogen) atoms. The molecule has 0 aliphatic carbocycles. The summed E-state index contributed by atoms with van der Waals surface area (Å²) in [6.45, 7) is 7.93. The van der Waals surface area contributed by atoms with E-state index in [0.717, 1.165) is 39.1 Å². The fourth-order valence-corrected chi connectivity index (χ4v) is 1.04. The molecule has 0 atom stereocenters. The summed E-state index contributed by atoms with van der Waals surface area (Å²) < 4.78 is 5.43. The van der Waals surface area contributed by atoms with Crippen molar-refractivity contribution >= 4 is 0 Å². The Hall–Kier alpha value is -0.590. The predicted molar refractivity (Wildman–Crippen MR) is 58.0 cm³/mol. The van der Waals surface area contributed by atoms with E-state index in [9.17, 15) is 0 Å². The molecule has 1 N–H and O–H groups in total. The van der Waals surface area contributed by atoms with Crippen LogP contribution >= 0.6 is 0 Å². The van der Waals surface area contributed by atoms with Crippen LogP contribution in [0, 0.1) is 17.2 Å². The second kappa shape index (κ2) is 10.5. The fourth-order valence-electron chi connectivity index (χ4n) is 1.04. The van der Waals surface area contributed by atoms with Gasteiger partial charge in [-0.1, -0.05) is 13.8 Å². The molecule has 0 unspecified atom stereocenters. The number of rotatable bonds is 9. The van der Waals surface area contributed by atoms with Crippen molar-refractivity contribution in [1.82, 2.24) is 5.32 Å². The van der Waals surface area contributed by atoms with Gasteiger partial charge in [-0.25, -0.2) is 0 Å². The minimum atomic E-state index is 0.624. The van der Waals surface area contributed by atoms with Crippen LogP contribution in [0.1, 0.15) is 33.1 Å². The van der Waals surface area contributed by atoms with E-state index < -0.39 is 0 Å². The third-order valence-electron chi connectivity index (χ3n) is 1.74. The van der Waals surface area contributed by atoms with E-state index >= 15 is 0 Å². The van der Waals surface area contributed by atoms with Crippen LogP contribution in [0.5, 0.6) is 0 Å². The number of nitriles is 1. The molecular weight excluding hydrogens is 176 g/mol. The molecule has 3 nitrogen and oxygen atoms in total. The van der Waals surface area contributed by atoms with Gasteiger partial charge in [-0.05, 0) is 31.8 Å². The van der Waals surface area contributed by atoms with Gasteiger partial charge in [-0.3, -0.25) is 0 Å². The average molecular weight is 198 g/mol. The molecule has 0 saturated carbocycles. The largest absolute Gasteiger partial charge is 0.381 e. The van der Waals surface area contributed by atoms with Crippen LogP contribution in [0.4, 0.5) is 0 Å². The normalized spacial score (nSPS) is 10.4. The van der Waals surface area contributed by atoms with Gasteiger partial charge in [-0.15, -0.1) is 0 Å². The maximum absolute atomic E-state index is 8.29. The van der Waals surface area contributed by atoms with Gasteiger partial charge in [0.15, 0.2) is 0 Å². The van der Waals surface area contributed by atoms with Crippen molar-refractivity contribution < 1.29 is 4.74 Å². The molecule has 0 amide bonds. The lowest BCUT2D eigenvalue weighted by Crippen LogP contribution is -2.18. The van der Waals surface area contributed by atoms with Crippen LogP contribution < -0.4 is 5.32 Å². The van der Waals surface area contributed by atoms with Crippen LogP contribution in [-0.4, -0.2) is 26.3 Å². The monoisotopic (exact) mass is 198 g/mol. The highest BCUT2D eigenvalue weighted by Gasteiger charge is 1.93. The van der Waals surface area contributed by atoms with Crippen LogP contribution in [0.2, 0.25) is 0 Å². The Kier molecular flexibility index (Phi) is 10.0. The molecule has 0 heterocycles. The Bertz CT molecular complexity index is 152. The molecule has 3 heteroatoms. The van der Waals surface area contributed by atoms with Gasteiger partial charge in [-0.2, -0.15) is 5.26 Å². The fraction of sp³-hybridized carbons (Fsp3) is 0.909. The summed E-state index contributed by atoms with van der Waals surface area (Å²) in [5.41, 5.74) is 0. The van der Waals surface area contributed by atoms with Gasteiger partial charge in [0, 0.05) is 19.6 Å². The van der Waals surface area contributed by atoms with E-state index in [2.05, 4.69) is 25.2 Å². The highest BCUT2D eigenvalue weighted by molar-refractivity contribution is 4.68. The minimum absolute atomic E-state index is 0.624. The van der Waals surface area contributed by atoms with Crippen LogP contribution in [0.25, 0.3) is 0 Å². The molecule has 0 aromatic rings. The third-order valence-corrected chi connectivity index (χ3v) is 1.74. The van der Waals surface area contributed by atoms with E-state index in [0.29, 0.717) is 12.3 Å². The topological polar surface area (TPSA) is 45.0 Å². The van der Waals surface area contributed by atoms with Gasteiger partial charge in [0.1, 0.15) is 0 Å². The Morgan fingerprint density at radius 1 is 1.29 bits per heavy atom. The van der Waals surface area contributed by atoms with E-state index in [1.807, 2.05) is 0 Å². The summed E-state index contributed by atoms with van der Waals surface area (Å²) in [6.07, 6.45) is 2.65. The maximum Gasteiger partial charge on any atom is 0.0622 e. The Morgan fingerprint density at radius 3 is 2.64 bits per heavy atom. The quantitative estimate of drug-likeness (QED) is 0.576. The van der Waals surface area contributed by atoms with Crippen molar-refractivity contribution in [1.29, 1.82) is 5.26 Å². The van der Waals surface area contributed by atoms with Crippen molar-refractivity contribution in [2.75, 3.05) is 26.3 Å². The lowest BCUT2D eigenvalue weighted by Gasteiger charge is -2.06. The number of hydrogen-bond acceptors (Lipinski definition) is 3. The van der Waals surface area contributed by atoms with E-state index in [-0.39, 0.29) is 0 Å². The second-order valence-electron chi connectivity index (χ2n) is 3.83. The van der Waals surface area contributed by atoms with Crippen molar-refractivity contribution in [2.45, 2.75) is 33.1 Å². The summed E-state index contributed by atoms with van der Waals surface area (Å²) in [5.74, 6) is 0.624. The van der Waals surface area contributed by atoms with Crippen LogP contribution in [-0.2, 0) is 4.74 Å². The summed E-state index contributed by atoms with van der Waals surface area (Å²) in [4.78, 5) is 0. The highest BCUT2D eigenvalue weighted by Crippen LogP contribution is 1.92. The van der Waals surface area contributed by atoms with Crippen molar-refractivity contribution in [2.24, 2.45) is 5.92 Å². The first kappa shape index (κ1) is 13.4. The highest BCUT2D eigenvalue weighted by atomic mass is 16.5. The van der Waals surface area contributed by atoms with E-state index in [1.165, 1.54) is 0 Å². The molecule has 0 radical (unpaired) electrons. The average Bonchev–Trinajstić information content (AvgIpc) is 2.15. The Morgan fingerprint density at radius 2 is 2.00 bits per heavy atom. The maximum atomic E-state index is 8.29. The van der Waals surface area contributed by atoms with Crippen molar-refractivity contribution in [3.63, 3.8) is 0 Å². The zero-order chi connectivity index (χ0) is 10.6. The smallest absolute Gasteiger partial charge is 0.0622 e. The molecule has 0 bridgehead atoms. The standard InChI is InChI=1S/C11H22N2O/c1-11(2)10-14-9-5-8-13-7-4-3-6-12/h11,13H,3-5,7-10H2,1-2H3. The lowest BCUT2D eigenvalue weighted by molar-refractivity contribution is 0.108. The van der Waals surface area contributed by atoms with Gasteiger partial charge in [0.2, 0.25) is 0 Å². The zero-order valence-electron chi connectivity index (χ0n) is 9.38. The summed E-state index contributed by atoms with van der Waals surface area (Å²) in [7, 11) is 0. The first-order valence-corrected chi connectivity index (χ1v) is 5.42. The van der Waals surface area contributed by atoms with Gasteiger partial charge in [0.05, 0.1) is 6.07 Å². The zero-order valence-corrected chi connectivity index (χ0v) is 9.38. The summed E-state index contributed by atoms with van der Waals surface area (Å²) in [5, 5.41) is 11.6. The molecule has 0 fully saturated rings. The van der Waals surface area contributed by atoms with Gasteiger partial charge in [0.25, 0.3) is 0 Å². The van der Waals surface area contributed by atoms with Gasteiger partial charge < -0.3 is 10.1 Å². The molecule has 0 aliphatic rings. The number of unbranched alkanes of at least 4 members (excludes halogenated alkanes) is 1. The lowest BCUT2D eigenvalue weighted by atomic mass is 10.2. The van der Waals surface area contributed by atoms with Crippen LogP contribution in [0.15, 0.2) is 0 Å². The number of nitrogens with zero attached hydrogens (tertiary/aromatic N) is 1. The first-order chi connectivity index (χ1) is 6.77. The third kappa shape index (κ3) is 11.4. The molecular formula is C11H22N2O. The summed E-state index contributed by atoms with van der Waals surface area (Å²) >= 11 is 0. The van der Waals surface area contributed by atoms with Crippen molar-refractivity contribution in [3.05, 3.63) is 0 Å². The predicted octanol–water partition coefficient (Wildman–Crippen LogP) is 1.94. The number of ether oxygens (including phenoxy) is 1. The Balaban J connectivity index is 2.89. The van der Waals surface area contributed by atoms with Crippen molar-refractivity contribution in [3.8, 4) is 6.07 Å². The molecule has 0 spiro atoms. The first-order valence-electron chi connectivity index (χ1n) is 5.42.